The molecule has 2 aliphatic carbocycles. The molecule has 2 saturated heterocycles. The Kier molecular flexibility index (Phi) is 7.06. The fourth-order valence-electron chi connectivity index (χ4n) is 6.56. The van der Waals surface area contributed by atoms with E-state index in [1.165, 1.54) is 17.4 Å². The Balaban J connectivity index is 1.03. The third kappa shape index (κ3) is 4.85. The number of thiazole rings is 1. The van der Waals surface area contributed by atoms with Gasteiger partial charge in [-0.15, -0.1) is 0 Å². The summed E-state index contributed by atoms with van der Waals surface area (Å²) in [5, 5.41) is 15.5. The van der Waals surface area contributed by atoms with Gasteiger partial charge in [0.05, 0.1) is 52.2 Å². The molecule has 2 aromatic carbocycles. The fraction of sp³-hybridized carbons (Fsp3) is 0.419. The second-order valence-electron chi connectivity index (χ2n) is 11.8. The average Bonchev–Trinajstić information content (AvgIpc) is 3.44. The van der Waals surface area contributed by atoms with Gasteiger partial charge in [-0.3, -0.25) is 9.69 Å². The Hall–Kier alpha value is -3.22. The first-order valence-electron chi connectivity index (χ1n) is 14.7. The second kappa shape index (κ2) is 11.0. The molecule has 4 fully saturated rings. The summed E-state index contributed by atoms with van der Waals surface area (Å²) in [5.74, 6) is 0.0735. The van der Waals surface area contributed by atoms with Gasteiger partial charge in [-0.05, 0) is 49.9 Å². The van der Waals surface area contributed by atoms with Crippen molar-refractivity contribution in [2.24, 2.45) is 5.92 Å². The number of aromatic carboxylic acids is 1. The molecule has 0 spiro atoms. The van der Waals surface area contributed by atoms with E-state index in [4.69, 9.17) is 46.9 Å². The molecule has 2 aliphatic heterocycles. The number of aromatic nitrogens is 2. The summed E-state index contributed by atoms with van der Waals surface area (Å²) in [7, 11) is 0. The molecule has 13 heteroatoms. The molecule has 4 aromatic rings. The molecule has 1 N–H and O–H groups in total. The number of carboxylic acids is 1. The second-order valence-corrected chi connectivity index (χ2v) is 13.6. The fourth-order valence-corrected chi connectivity index (χ4v) is 8.24. The number of carbonyl (C=O) groups is 2. The van der Waals surface area contributed by atoms with E-state index < -0.39 is 5.97 Å². The molecule has 4 atom stereocenters. The maximum atomic E-state index is 13.7. The van der Waals surface area contributed by atoms with Crippen LogP contribution in [0.25, 0.3) is 21.5 Å². The van der Waals surface area contributed by atoms with Gasteiger partial charge >= 0.3 is 5.97 Å². The molecule has 44 heavy (non-hydrogen) atoms. The third-order valence-corrected chi connectivity index (χ3v) is 10.5. The zero-order valence-corrected chi connectivity index (χ0v) is 25.7. The number of carbonyl (C=O) groups excluding carboxylic acids is 1. The topological polar surface area (TPSA) is 124 Å². The van der Waals surface area contributed by atoms with Gasteiger partial charge in [0, 0.05) is 29.5 Å². The summed E-state index contributed by atoms with van der Waals surface area (Å²) in [6.45, 7) is 1.27. The normalized spacial score (nSPS) is 24.6. The summed E-state index contributed by atoms with van der Waals surface area (Å²) in [5.41, 5.74) is 2.69. The van der Waals surface area contributed by atoms with E-state index in [2.05, 4.69) is 5.16 Å². The third-order valence-electron chi connectivity index (χ3n) is 8.89. The van der Waals surface area contributed by atoms with Crippen LogP contribution in [0.2, 0.25) is 10.0 Å². The lowest BCUT2D eigenvalue weighted by Gasteiger charge is -2.29. The molecule has 2 bridgehead atoms. The molecule has 2 aromatic heterocycles. The Morgan fingerprint density at radius 1 is 1.16 bits per heavy atom. The Bertz CT molecular complexity index is 1780. The maximum Gasteiger partial charge on any atom is 0.335 e. The predicted octanol–water partition coefficient (Wildman–Crippen LogP) is 6.71. The van der Waals surface area contributed by atoms with Crippen molar-refractivity contribution in [1.82, 2.24) is 10.1 Å². The number of fused-ring (bicyclic) bond motifs is 3. The van der Waals surface area contributed by atoms with Crippen molar-refractivity contribution in [1.29, 1.82) is 0 Å². The van der Waals surface area contributed by atoms with Crippen LogP contribution < -0.4 is 9.64 Å². The number of nitrogens with zero attached hydrogens (tertiary/aromatic N) is 3. The van der Waals surface area contributed by atoms with Crippen LogP contribution in [0, 0.1) is 5.92 Å². The van der Waals surface area contributed by atoms with Gasteiger partial charge in [0.2, 0.25) is 5.91 Å². The van der Waals surface area contributed by atoms with Gasteiger partial charge in [0.1, 0.15) is 28.8 Å². The summed E-state index contributed by atoms with van der Waals surface area (Å²) in [6, 6.07) is 8.33. The number of benzene rings is 2. The summed E-state index contributed by atoms with van der Waals surface area (Å²) < 4.78 is 24.4. The first-order valence-corrected chi connectivity index (χ1v) is 16.2. The monoisotopic (exact) mass is 655 g/mol. The van der Waals surface area contributed by atoms with Gasteiger partial charge < -0.3 is 23.8 Å². The van der Waals surface area contributed by atoms with Crippen LogP contribution >= 0.6 is 34.5 Å². The van der Waals surface area contributed by atoms with Gasteiger partial charge in [-0.1, -0.05) is 45.8 Å². The van der Waals surface area contributed by atoms with Crippen LogP contribution in [0.4, 0.5) is 5.13 Å². The van der Waals surface area contributed by atoms with Crippen molar-refractivity contribution in [2.45, 2.75) is 62.9 Å². The lowest BCUT2D eigenvalue weighted by atomic mass is 10.0. The molecule has 10 nitrogen and oxygen atoms in total. The number of piperidine rings is 1. The summed E-state index contributed by atoms with van der Waals surface area (Å²) in [4.78, 5) is 32.1. The van der Waals surface area contributed by atoms with Crippen molar-refractivity contribution in [2.75, 3.05) is 18.1 Å². The molecular weight excluding hydrogens is 629 g/mol. The molecule has 228 valence electrons. The number of hydrogen-bond donors (Lipinski definition) is 1. The highest BCUT2D eigenvalue weighted by molar-refractivity contribution is 7.22. The Morgan fingerprint density at radius 3 is 2.68 bits per heavy atom. The predicted molar refractivity (Wildman–Crippen MR) is 163 cm³/mol. The van der Waals surface area contributed by atoms with E-state index >= 15 is 0 Å². The quantitative estimate of drug-likeness (QED) is 0.209. The molecule has 8 rings (SSSR count). The SMILES string of the molecule is O=C(O)c1cc(O[C@H]2CCOC2)c2nc(N3C(=O)[C@@H]4C[C@H]3C[C@H]4OCc3c(-c4c(Cl)cccc4Cl)noc3C3CC3)sc2c1. The van der Waals surface area contributed by atoms with Crippen LogP contribution in [-0.4, -0.2) is 58.6 Å². The van der Waals surface area contributed by atoms with Gasteiger partial charge in [0.15, 0.2) is 5.13 Å². The van der Waals surface area contributed by atoms with Crippen molar-refractivity contribution in [3.8, 4) is 17.0 Å². The minimum atomic E-state index is -1.05. The van der Waals surface area contributed by atoms with E-state index in [0.717, 1.165) is 30.6 Å². The van der Waals surface area contributed by atoms with Crippen LogP contribution in [0.3, 0.4) is 0 Å². The molecule has 4 heterocycles. The minimum Gasteiger partial charge on any atom is -0.486 e. The number of carboxylic acid groups (broad SMARTS) is 1. The van der Waals surface area contributed by atoms with E-state index in [1.54, 1.807) is 29.2 Å². The maximum absolute atomic E-state index is 13.7. The highest BCUT2D eigenvalue weighted by Gasteiger charge is 2.53. The number of hydrogen-bond acceptors (Lipinski definition) is 9. The molecule has 4 aliphatic rings. The van der Waals surface area contributed by atoms with Crippen LogP contribution in [0.5, 0.6) is 5.75 Å². The Labute approximate surface area is 265 Å². The lowest BCUT2D eigenvalue weighted by Crippen LogP contribution is -2.43. The van der Waals surface area contributed by atoms with Gasteiger partial charge in [0.25, 0.3) is 0 Å². The number of halogens is 2. The molecular formula is C31H27Cl2N3O7S. The highest BCUT2D eigenvalue weighted by Crippen LogP contribution is 2.49. The number of ether oxygens (including phenoxy) is 3. The summed E-state index contributed by atoms with van der Waals surface area (Å²) >= 11 is 14.3. The van der Waals surface area contributed by atoms with Crippen LogP contribution in [0.1, 0.15) is 59.7 Å². The first kappa shape index (κ1) is 28.3. The molecule has 0 unspecified atom stereocenters. The first-order chi connectivity index (χ1) is 21.4. The minimum absolute atomic E-state index is 0.0440. The van der Waals surface area contributed by atoms with Gasteiger partial charge in [-0.25, -0.2) is 9.78 Å². The number of anilines is 1. The molecule has 2 saturated carbocycles. The van der Waals surface area contributed by atoms with Crippen molar-refractivity contribution >= 4 is 61.8 Å². The van der Waals surface area contributed by atoms with E-state index in [9.17, 15) is 14.7 Å². The average molecular weight is 657 g/mol. The van der Waals surface area contributed by atoms with Crippen molar-refractivity contribution in [3.63, 3.8) is 0 Å². The van der Waals surface area contributed by atoms with E-state index in [1.807, 2.05) is 0 Å². The van der Waals surface area contributed by atoms with E-state index in [-0.39, 0.29) is 42.2 Å². The molecule has 0 radical (unpaired) electrons. The van der Waals surface area contributed by atoms with Crippen LogP contribution in [0.15, 0.2) is 34.9 Å². The summed E-state index contributed by atoms with van der Waals surface area (Å²) in [6.07, 6.45) is 3.64. The largest absolute Gasteiger partial charge is 0.486 e. The number of amides is 1. The van der Waals surface area contributed by atoms with Gasteiger partial charge in [-0.2, -0.15) is 0 Å². The zero-order valence-electron chi connectivity index (χ0n) is 23.3. The lowest BCUT2D eigenvalue weighted by molar-refractivity contribution is -0.126. The van der Waals surface area contributed by atoms with Crippen molar-refractivity contribution in [3.05, 3.63) is 57.3 Å². The molecule has 1 amide bonds. The van der Waals surface area contributed by atoms with Crippen molar-refractivity contribution < 1.29 is 33.4 Å². The number of rotatable bonds is 9. The zero-order chi connectivity index (χ0) is 30.1. The smallest absolute Gasteiger partial charge is 0.335 e. The highest BCUT2D eigenvalue weighted by atomic mass is 35.5. The van der Waals surface area contributed by atoms with Crippen LogP contribution in [-0.2, 0) is 20.9 Å². The standard InChI is InChI=1S/C31H27Cl2N3O7S/c32-20-2-1-3-21(33)25(20)26-19(28(43-35-26)14-4-5-14)13-41-22-11-16-10-18(22)29(37)36(16)31-34-27-23(42-17-6-7-40-12-17)8-15(30(38)39)9-24(27)44-31/h1-3,8-9,14,16-18,22H,4-7,10-13H2,(H,38,39)/t16-,17-,18+,22+/m0/s1. The Morgan fingerprint density at radius 2 is 1.98 bits per heavy atom. The van der Waals surface area contributed by atoms with E-state index in [0.29, 0.717) is 74.4 Å².